The van der Waals surface area contributed by atoms with Gasteiger partial charge in [-0.1, -0.05) is 33.6 Å². The van der Waals surface area contributed by atoms with Gasteiger partial charge >= 0.3 is 0 Å². The standard InChI is InChI=1S/C13H29N/c1-8-9-10-13(5,6)14(7)12(4)11(2)3/h11-12H,8-10H2,1-7H3/t12-/m0/s1. The Morgan fingerprint density at radius 1 is 1.14 bits per heavy atom. The van der Waals surface area contributed by atoms with Crippen LogP contribution in [0.3, 0.4) is 0 Å². The molecule has 14 heavy (non-hydrogen) atoms. The Hall–Kier alpha value is -0.0400. The van der Waals surface area contributed by atoms with Gasteiger partial charge in [-0.05, 0) is 40.2 Å². The fourth-order valence-electron chi connectivity index (χ4n) is 1.78. The van der Waals surface area contributed by atoms with E-state index in [1.165, 1.54) is 19.3 Å². The summed E-state index contributed by atoms with van der Waals surface area (Å²) in [7, 11) is 2.26. The Labute approximate surface area is 90.9 Å². The van der Waals surface area contributed by atoms with Crippen molar-refractivity contribution in [3.05, 3.63) is 0 Å². The zero-order chi connectivity index (χ0) is 11.4. The summed E-state index contributed by atoms with van der Waals surface area (Å²) in [6, 6.07) is 0.668. The molecule has 1 nitrogen and oxygen atoms in total. The summed E-state index contributed by atoms with van der Waals surface area (Å²) < 4.78 is 0. The zero-order valence-electron chi connectivity index (χ0n) is 11.2. The first-order valence-electron chi connectivity index (χ1n) is 6.06. The molecule has 0 rings (SSSR count). The number of hydrogen-bond acceptors (Lipinski definition) is 1. The van der Waals surface area contributed by atoms with Crippen LogP contribution in [0.2, 0.25) is 0 Å². The molecule has 0 unspecified atom stereocenters. The molecular weight excluding hydrogens is 170 g/mol. The van der Waals surface area contributed by atoms with Crippen LogP contribution in [0.25, 0.3) is 0 Å². The van der Waals surface area contributed by atoms with E-state index in [1.54, 1.807) is 0 Å². The Kier molecular flexibility index (Phi) is 5.73. The minimum atomic E-state index is 0.347. The molecule has 0 N–H and O–H groups in total. The number of nitrogens with zero attached hydrogens (tertiary/aromatic N) is 1. The van der Waals surface area contributed by atoms with Crippen molar-refractivity contribution in [2.24, 2.45) is 5.92 Å². The maximum Gasteiger partial charge on any atom is 0.0153 e. The summed E-state index contributed by atoms with van der Waals surface area (Å²) in [5.41, 5.74) is 0.347. The third-order valence-corrected chi connectivity index (χ3v) is 3.67. The van der Waals surface area contributed by atoms with E-state index in [0.717, 1.165) is 5.92 Å². The molecule has 0 aromatic rings. The maximum absolute atomic E-state index is 2.54. The average molecular weight is 199 g/mol. The SMILES string of the molecule is CCCCC(C)(C)N(C)[C@@H](C)C(C)C. The van der Waals surface area contributed by atoms with Crippen LogP contribution in [-0.4, -0.2) is 23.5 Å². The second kappa shape index (κ2) is 5.75. The van der Waals surface area contributed by atoms with Gasteiger partial charge in [-0.15, -0.1) is 0 Å². The molecule has 0 aliphatic heterocycles. The number of unbranched alkanes of at least 4 members (excludes halogenated alkanes) is 1. The van der Waals surface area contributed by atoms with Gasteiger partial charge in [0, 0.05) is 11.6 Å². The van der Waals surface area contributed by atoms with Crippen LogP contribution in [0.4, 0.5) is 0 Å². The molecule has 0 spiro atoms. The highest BCUT2D eigenvalue weighted by Crippen LogP contribution is 2.24. The Balaban J connectivity index is 4.25. The van der Waals surface area contributed by atoms with Crippen LogP contribution in [0, 0.1) is 5.92 Å². The van der Waals surface area contributed by atoms with Crippen LogP contribution in [0.5, 0.6) is 0 Å². The van der Waals surface area contributed by atoms with E-state index in [2.05, 4.69) is 53.5 Å². The van der Waals surface area contributed by atoms with Crippen LogP contribution in [-0.2, 0) is 0 Å². The Morgan fingerprint density at radius 2 is 1.64 bits per heavy atom. The van der Waals surface area contributed by atoms with Gasteiger partial charge in [0.05, 0.1) is 0 Å². The molecule has 1 heteroatoms. The summed E-state index contributed by atoms with van der Waals surface area (Å²) in [5, 5.41) is 0. The second-order valence-electron chi connectivity index (χ2n) is 5.51. The van der Waals surface area contributed by atoms with Gasteiger partial charge in [-0.2, -0.15) is 0 Å². The molecule has 1 atom stereocenters. The van der Waals surface area contributed by atoms with E-state index < -0.39 is 0 Å². The number of rotatable bonds is 6. The van der Waals surface area contributed by atoms with Crippen LogP contribution in [0.1, 0.15) is 60.8 Å². The fourth-order valence-corrected chi connectivity index (χ4v) is 1.78. The lowest BCUT2D eigenvalue weighted by Gasteiger charge is -2.41. The maximum atomic E-state index is 2.54. The van der Waals surface area contributed by atoms with E-state index in [0.29, 0.717) is 11.6 Å². The smallest absolute Gasteiger partial charge is 0.0153 e. The van der Waals surface area contributed by atoms with E-state index in [-0.39, 0.29) is 0 Å². The molecule has 0 saturated carbocycles. The van der Waals surface area contributed by atoms with Gasteiger partial charge in [-0.3, -0.25) is 4.90 Å². The van der Waals surface area contributed by atoms with Crippen molar-refractivity contribution in [3.63, 3.8) is 0 Å². The van der Waals surface area contributed by atoms with Crippen molar-refractivity contribution in [2.75, 3.05) is 7.05 Å². The van der Waals surface area contributed by atoms with Crippen molar-refractivity contribution in [1.82, 2.24) is 4.90 Å². The quantitative estimate of drug-likeness (QED) is 0.626. The lowest BCUT2D eigenvalue weighted by atomic mass is 9.92. The van der Waals surface area contributed by atoms with Gasteiger partial charge in [0.25, 0.3) is 0 Å². The predicted molar refractivity (Wildman–Crippen MR) is 65.7 cm³/mol. The van der Waals surface area contributed by atoms with Crippen molar-refractivity contribution in [3.8, 4) is 0 Å². The minimum Gasteiger partial charge on any atom is -0.298 e. The fraction of sp³-hybridized carbons (Fsp3) is 1.00. The summed E-state index contributed by atoms with van der Waals surface area (Å²) in [6.45, 7) is 13.9. The van der Waals surface area contributed by atoms with Crippen LogP contribution < -0.4 is 0 Å². The lowest BCUT2D eigenvalue weighted by molar-refractivity contribution is 0.0758. The van der Waals surface area contributed by atoms with Crippen LogP contribution in [0.15, 0.2) is 0 Å². The molecular formula is C13H29N. The van der Waals surface area contributed by atoms with E-state index in [9.17, 15) is 0 Å². The largest absolute Gasteiger partial charge is 0.298 e. The zero-order valence-corrected chi connectivity index (χ0v) is 11.2. The Bertz CT molecular complexity index is 149. The summed E-state index contributed by atoms with van der Waals surface area (Å²) in [5.74, 6) is 0.737. The monoisotopic (exact) mass is 199 g/mol. The summed E-state index contributed by atoms with van der Waals surface area (Å²) in [6.07, 6.45) is 3.94. The van der Waals surface area contributed by atoms with Gasteiger partial charge in [0.15, 0.2) is 0 Å². The van der Waals surface area contributed by atoms with E-state index >= 15 is 0 Å². The molecule has 0 fully saturated rings. The molecule has 0 aromatic carbocycles. The highest BCUT2D eigenvalue weighted by molar-refractivity contribution is 4.83. The van der Waals surface area contributed by atoms with Crippen molar-refractivity contribution in [1.29, 1.82) is 0 Å². The molecule has 0 amide bonds. The first-order chi connectivity index (χ1) is 6.33. The van der Waals surface area contributed by atoms with Crippen molar-refractivity contribution >= 4 is 0 Å². The minimum absolute atomic E-state index is 0.347. The van der Waals surface area contributed by atoms with E-state index in [4.69, 9.17) is 0 Å². The molecule has 0 aliphatic carbocycles. The van der Waals surface area contributed by atoms with E-state index in [1.807, 2.05) is 0 Å². The molecule has 86 valence electrons. The summed E-state index contributed by atoms with van der Waals surface area (Å²) in [4.78, 5) is 2.54. The average Bonchev–Trinajstić information content (AvgIpc) is 2.12. The lowest BCUT2D eigenvalue weighted by Crippen LogP contribution is -2.48. The summed E-state index contributed by atoms with van der Waals surface area (Å²) >= 11 is 0. The second-order valence-corrected chi connectivity index (χ2v) is 5.51. The topological polar surface area (TPSA) is 3.24 Å². The first kappa shape index (κ1) is 14.0. The number of hydrogen-bond donors (Lipinski definition) is 0. The highest BCUT2D eigenvalue weighted by atomic mass is 15.2. The highest BCUT2D eigenvalue weighted by Gasteiger charge is 2.27. The van der Waals surface area contributed by atoms with Gasteiger partial charge in [0.2, 0.25) is 0 Å². The van der Waals surface area contributed by atoms with Crippen LogP contribution >= 0.6 is 0 Å². The third-order valence-electron chi connectivity index (χ3n) is 3.67. The predicted octanol–water partition coefficient (Wildman–Crippen LogP) is 3.93. The van der Waals surface area contributed by atoms with Crippen molar-refractivity contribution in [2.45, 2.75) is 72.4 Å². The molecule has 0 radical (unpaired) electrons. The third kappa shape index (κ3) is 4.00. The molecule has 0 saturated heterocycles. The Morgan fingerprint density at radius 3 is 2.00 bits per heavy atom. The first-order valence-corrected chi connectivity index (χ1v) is 6.06. The van der Waals surface area contributed by atoms with Gasteiger partial charge in [-0.25, -0.2) is 0 Å². The normalized spacial score (nSPS) is 15.2. The molecule has 0 heterocycles. The molecule has 0 aromatic heterocycles. The van der Waals surface area contributed by atoms with Crippen molar-refractivity contribution < 1.29 is 0 Å². The molecule has 0 aliphatic rings. The molecule has 0 bridgehead atoms. The van der Waals surface area contributed by atoms with Gasteiger partial charge < -0.3 is 0 Å². The van der Waals surface area contributed by atoms with Gasteiger partial charge in [0.1, 0.15) is 0 Å².